The van der Waals surface area contributed by atoms with Gasteiger partial charge < -0.3 is 5.73 Å². The van der Waals surface area contributed by atoms with Crippen LogP contribution in [-0.4, -0.2) is 38.2 Å². The Balaban J connectivity index is 1.41. The molecule has 1 amide bonds. The molecule has 2 aromatic heterocycles. The van der Waals surface area contributed by atoms with Crippen LogP contribution >= 0.6 is 23.6 Å². The third-order valence-corrected chi connectivity index (χ3v) is 9.03. The lowest BCUT2D eigenvalue weighted by atomic mass is 9.84. The van der Waals surface area contributed by atoms with Gasteiger partial charge in [0.25, 0.3) is 0 Å². The van der Waals surface area contributed by atoms with E-state index in [0.29, 0.717) is 18.6 Å². The lowest BCUT2D eigenvalue weighted by Gasteiger charge is -2.30. The van der Waals surface area contributed by atoms with Crippen molar-refractivity contribution in [2.24, 2.45) is 29.4 Å². The number of amides is 1. The van der Waals surface area contributed by atoms with Gasteiger partial charge in [0, 0.05) is 25.0 Å². The van der Waals surface area contributed by atoms with Crippen molar-refractivity contribution in [1.29, 1.82) is 0 Å². The highest BCUT2D eigenvalue weighted by molar-refractivity contribution is 7.71. The SMILES string of the molecule is C[C@@H]([C@H]1C[C@@H]2CC[C@@H]1C2)n1c(-c2cccs2)nn(CN2CCC(C(N)=O)CC2)c1=S. The fourth-order valence-electron chi connectivity index (χ4n) is 6.08. The number of primary amides is 1. The molecule has 0 radical (unpaired) electrons. The lowest BCUT2D eigenvalue weighted by molar-refractivity contribution is -0.123. The maximum absolute atomic E-state index is 11.5. The van der Waals surface area contributed by atoms with Gasteiger partial charge in [-0.05, 0) is 80.4 Å². The third kappa shape index (κ3) is 3.67. The van der Waals surface area contributed by atoms with Gasteiger partial charge in [-0.1, -0.05) is 12.5 Å². The molecular weight excluding hydrogens is 414 g/mol. The van der Waals surface area contributed by atoms with Gasteiger partial charge in [0.05, 0.1) is 11.5 Å². The summed E-state index contributed by atoms with van der Waals surface area (Å²) in [5.41, 5.74) is 5.49. The van der Waals surface area contributed by atoms with Crippen molar-refractivity contribution in [3.8, 4) is 10.7 Å². The monoisotopic (exact) mass is 445 g/mol. The van der Waals surface area contributed by atoms with Crippen molar-refractivity contribution in [2.45, 2.75) is 58.2 Å². The van der Waals surface area contributed by atoms with Crippen molar-refractivity contribution in [2.75, 3.05) is 13.1 Å². The predicted octanol–water partition coefficient (Wildman–Crippen LogP) is 4.29. The van der Waals surface area contributed by atoms with E-state index in [9.17, 15) is 4.79 Å². The van der Waals surface area contributed by atoms with E-state index in [1.807, 2.05) is 4.68 Å². The summed E-state index contributed by atoms with van der Waals surface area (Å²) in [5.74, 6) is 3.32. The summed E-state index contributed by atoms with van der Waals surface area (Å²) < 4.78 is 5.16. The summed E-state index contributed by atoms with van der Waals surface area (Å²) in [6.45, 7) is 4.75. The molecule has 2 bridgehead atoms. The molecule has 2 N–H and O–H groups in total. The van der Waals surface area contributed by atoms with Gasteiger partial charge in [0.2, 0.25) is 5.91 Å². The molecule has 2 aliphatic carbocycles. The van der Waals surface area contributed by atoms with Crippen molar-refractivity contribution in [1.82, 2.24) is 19.2 Å². The van der Waals surface area contributed by atoms with Crippen molar-refractivity contribution in [3.05, 3.63) is 22.3 Å². The number of nitrogens with zero attached hydrogens (tertiary/aromatic N) is 4. The minimum atomic E-state index is -0.171. The van der Waals surface area contributed by atoms with E-state index in [-0.39, 0.29) is 11.8 Å². The third-order valence-electron chi connectivity index (χ3n) is 7.76. The van der Waals surface area contributed by atoms with Crippen LogP contribution in [0.5, 0.6) is 0 Å². The average Bonchev–Trinajstić information content (AvgIpc) is 3.53. The topological polar surface area (TPSA) is 69.1 Å². The Hall–Kier alpha value is -1.51. The van der Waals surface area contributed by atoms with Gasteiger partial charge in [-0.2, -0.15) is 0 Å². The van der Waals surface area contributed by atoms with Crippen LogP contribution in [0.4, 0.5) is 0 Å². The number of fused-ring (bicyclic) bond motifs is 2. The number of likely N-dealkylation sites (tertiary alicyclic amines) is 1. The maximum atomic E-state index is 11.5. The number of aromatic nitrogens is 3. The fraction of sp³-hybridized carbons (Fsp3) is 0.682. The molecule has 2 aromatic rings. The molecule has 162 valence electrons. The van der Waals surface area contributed by atoms with E-state index in [1.165, 1.54) is 30.6 Å². The molecule has 8 heteroatoms. The van der Waals surface area contributed by atoms with E-state index < -0.39 is 0 Å². The quantitative estimate of drug-likeness (QED) is 0.673. The Kier molecular flexibility index (Phi) is 5.58. The first-order valence-corrected chi connectivity index (χ1v) is 12.5. The Labute approximate surface area is 187 Å². The number of carbonyl (C=O) groups excluding carboxylic acids is 1. The number of hydrogen-bond donors (Lipinski definition) is 1. The Bertz CT molecular complexity index is 957. The minimum Gasteiger partial charge on any atom is -0.369 e. The van der Waals surface area contributed by atoms with Gasteiger partial charge in [0.15, 0.2) is 10.6 Å². The van der Waals surface area contributed by atoms with Crippen molar-refractivity contribution >= 4 is 29.5 Å². The molecule has 0 unspecified atom stereocenters. The summed E-state index contributed by atoms with van der Waals surface area (Å²) in [7, 11) is 0. The van der Waals surface area contributed by atoms with Crippen LogP contribution in [-0.2, 0) is 11.5 Å². The zero-order valence-corrected chi connectivity index (χ0v) is 19.2. The first-order valence-electron chi connectivity index (χ1n) is 11.3. The maximum Gasteiger partial charge on any atom is 0.220 e. The minimum absolute atomic E-state index is 0.00581. The highest BCUT2D eigenvalue weighted by atomic mass is 32.1. The van der Waals surface area contributed by atoms with Gasteiger partial charge in [0.1, 0.15) is 0 Å². The molecule has 3 fully saturated rings. The molecule has 0 aromatic carbocycles. The van der Waals surface area contributed by atoms with Crippen LogP contribution in [0.25, 0.3) is 10.7 Å². The molecule has 5 rings (SSSR count). The highest BCUT2D eigenvalue weighted by Crippen LogP contribution is 2.52. The van der Waals surface area contributed by atoms with E-state index in [1.54, 1.807) is 11.3 Å². The van der Waals surface area contributed by atoms with Gasteiger partial charge in [-0.15, -0.1) is 16.4 Å². The molecule has 1 saturated heterocycles. The molecule has 1 aliphatic heterocycles. The molecule has 2 saturated carbocycles. The molecule has 30 heavy (non-hydrogen) atoms. The molecule has 6 nitrogen and oxygen atoms in total. The zero-order chi connectivity index (χ0) is 20.8. The highest BCUT2D eigenvalue weighted by Gasteiger charge is 2.43. The van der Waals surface area contributed by atoms with Crippen LogP contribution in [0, 0.1) is 28.4 Å². The zero-order valence-electron chi connectivity index (χ0n) is 17.6. The first-order chi connectivity index (χ1) is 14.5. The second-order valence-corrected chi connectivity index (χ2v) is 10.8. The molecule has 0 spiro atoms. The van der Waals surface area contributed by atoms with E-state index >= 15 is 0 Å². The summed E-state index contributed by atoms with van der Waals surface area (Å²) in [5, 5.41) is 7.12. The summed E-state index contributed by atoms with van der Waals surface area (Å²) in [6.07, 6.45) is 7.18. The normalized spacial score (nSPS) is 28.2. The van der Waals surface area contributed by atoms with Gasteiger partial charge >= 0.3 is 0 Å². The van der Waals surface area contributed by atoms with E-state index in [4.69, 9.17) is 23.1 Å². The van der Waals surface area contributed by atoms with Crippen LogP contribution in [0.3, 0.4) is 0 Å². The second-order valence-electron chi connectivity index (χ2n) is 9.47. The standard InChI is InChI=1S/C22H31N5OS2/c1-14(18-12-15-4-5-17(18)11-15)27-21(19-3-2-10-30-19)24-26(22(27)29)13-25-8-6-16(7-9-25)20(23)28/h2-3,10,14-18H,4-9,11-13H2,1H3,(H2,23,28)/t14-,15+,17+,18+/m0/s1. The Morgan fingerprint density at radius 3 is 2.70 bits per heavy atom. The number of nitrogens with two attached hydrogens (primary N) is 1. The number of thiophene rings is 1. The lowest BCUT2D eigenvalue weighted by Crippen LogP contribution is -2.39. The van der Waals surface area contributed by atoms with Crippen LogP contribution in [0.15, 0.2) is 17.5 Å². The first kappa shape index (κ1) is 20.4. The Morgan fingerprint density at radius 2 is 2.10 bits per heavy atom. The van der Waals surface area contributed by atoms with E-state index in [0.717, 1.165) is 48.4 Å². The van der Waals surface area contributed by atoms with Crippen LogP contribution in [0.1, 0.15) is 51.5 Å². The average molecular weight is 446 g/mol. The summed E-state index contributed by atoms with van der Waals surface area (Å²) in [6, 6.07) is 4.61. The smallest absolute Gasteiger partial charge is 0.220 e. The Morgan fingerprint density at radius 1 is 1.30 bits per heavy atom. The summed E-state index contributed by atoms with van der Waals surface area (Å²) >= 11 is 7.71. The van der Waals surface area contributed by atoms with Gasteiger partial charge in [-0.3, -0.25) is 14.3 Å². The van der Waals surface area contributed by atoms with Crippen LogP contribution < -0.4 is 5.73 Å². The van der Waals surface area contributed by atoms with E-state index in [2.05, 4.69) is 33.9 Å². The second kappa shape index (κ2) is 8.20. The van der Waals surface area contributed by atoms with Crippen molar-refractivity contribution in [3.63, 3.8) is 0 Å². The fourth-order valence-corrected chi connectivity index (χ4v) is 7.13. The van der Waals surface area contributed by atoms with Crippen molar-refractivity contribution < 1.29 is 4.79 Å². The predicted molar refractivity (Wildman–Crippen MR) is 122 cm³/mol. The molecular formula is C22H31N5OS2. The number of rotatable bonds is 6. The molecule has 3 heterocycles. The van der Waals surface area contributed by atoms with Crippen LogP contribution in [0.2, 0.25) is 0 Å². The number of piperidine rings is 1. The number of hydrogen-bond acceptors (Lipinski definition) is 5. The largest absolute Gasteiger partial charge is 0.369 e. The van der Waals surface area contributed by atoms with Gasteiger partial charge in [-0.25, -0.2) is 4.68 Å². The molecule has 3 aliphatic rings. The summed E-state index contributed by atoms with van der Waals surface area (Å²) in [4.78, 5) is 15.0. The molecule has 4 atom stereocenters. The number of carbonyl (C=O) groups is 1.